The fourth-order valence-electron chi connectivity index (χ4n) is 3.17. The van der Waals surface area contributed by atoms with Crippen LogP contribution in [0.4, 0.5) is 5.69 Å². The molecule has 1 aliphatic heterocycles. The molecule has 0 radical (unpaired) electrons. The van der Waals surface area contributed by atoms with Crippen LogP contribution < -0.4 is 10.1 Å². The summed E-state index contributed by atoms with van der Waals surface area (Å²) < 4.78 is 5.26. The van der Waals surface area contributed by atoms with E-state index in [4.69, 9.17) is 4.74 Å². The standard InChI is InChI=1S/C21H24N2O3S/c1-3-12-23(14-20(24)22-16-9-5-6-10-17(16)26-2)21(25)19-13-15-8-4-7-11-18(15)27-19/h4-11,19H,3,12-14H2,1-2H3,(H,22,24). The maximum atomic E-state index is 13.0. The van der Waals surface area contributed by atoms with Crippen LogP contribution in [0.1, 0.15) is 18.9 Å². The summed E-state index contributed by atoms with van der Waals surface area (Å²) in [6.45, 7) is 2.61. The zero-order valence-electron chi connectivity index (χ0n) is 15.6. The molecule has 1 N–H and O–H groups in total. The number of benzene rings is 2. The molecule has 2 amide bonds. The maximum absolute atomic E-state index is 13.0. The van der Waals surface area contributed by atoms with Crippen LogP contribution in [0.25, 0.3) is 0 Å². The number of para-hydroxylation sites is 2. The molecule has 1 aliphatic rings. The third-order valence-corrected chi connectivity index (χ3v) is 5.75. The zero-order valence-corrected chi connectivity index (χ0v) is 16.4. The molecule has 0 saturated heterocycles. The van der Waals surface area contributed by atoms with E-state index in [0.29, 0.717) is 24.4 Å². The second-order valence-electron chi connectivity index (χ2n) is 6.43. The topological polar surface area (TPSA) is 58.6 Å². The van der Waals surface area contributed by atoms with E-state index < -0.39 is 0 Å². The van der Waals surface area contributed by atoms with Crippen LogP contribution in [0.3, 0.4) is 0 Å². The van der Waals surface area contributed by atoms with Crippen molar-refractivity contribution < 1.29 is 14.3 Å². The third-order valence-electron chi connectivity index (χ3n) is 4.44. The van der Waals surface area contributed by atoms with Crippen LogP contribution in [0.2, 0.25) is 0 Å². The summed E-state index contributed by atoms with van der Waals surface area (Å²) in [6.07, 6.45) is 1.52. The molecule has 1 unspecified atom stereocenters. The van der Waals surface area contributed by atoms with E-state index in [1.807, 2.05) is 37.3 Å². The molecule has 1 heterocycles. The predicted octanol–water partition coefficient (Wildman–Crippen LogP) is 3.59. The molecule has 2 aromatic carbocycles. The van der Waals surface area contributed by atoms with Gasteiger partial charge in [0.05, 0.1) is 24.6 Å². The Morgan fingerprint density at radius 3 is 2.67 bits per heavy atom. The fourth-order valence-corrected chi connectivity index (χ4v) is 4.45. The van der Waals surface area contributed by atoms with Crippen molar-refractivity contribution in [1.82, 2.24) is 4.90 Å². The summed E-state index contributed by atoms with van der Waals surface area (Å²) in [5.74, 6) is 0.399. The van der Waals surface area contributed by atoms with Gasteiger partial charge < -0.3 is 15.0 Å². The molecule has 2 aromatic rings. The molecule has 3 rings (SSSR count). The summed E-state index contributed by atoms with van der Waals surface area (Å²) in [5.41, 5.74) is 1.81. The highest BCUT2D eigenvalue weighted by atomic mass is 32.2. The summed E-state index contributed by atoms with van der Waals surface area (Å²) in [4.78, 5) is 28.4. The second-order valence-corrected chi connectivity index (χ2v) is 7.67. The number of nitrogens with zero attached hydrogens (tertiary/aromatic N) is 1. The van der Waals surface area contributed by atoms with Crippen molar-refractivity contribution in [3.8, 4) is 5.75 Å². The Labute approximate surface area is 164 Å². The number of amides is 2. The lowest BCUT2D eigenvalue weighted by Gasteiger charge is -2.24. The first-order valence-electron chi connectivity index (χ1n) is 9.08. The van der Waals surface area contributed by atoms with Crippen molar-refractivity contribution >= 4 is 29.3 Å². The molecule has 0 saturated carbocycles. The number of nitrogens with one attached hydrogen (secondary N) is 1. The van der Waals surface area contributed by atoms with Crippen LogP contribution in [-0.2, 0) is 16.0 Å². The van der Waals surface area contributed by atoms with Gasteiger partial charge in [-0.15, -0.1) is 11.8 Å². The van der Waals surface area contributed by atoms with Crippen LogP contribution >= 0.6 is 11.8 Å². The van der Waals surface area contributed by atoms with Gasteiger partial charge in [-0.2, -0.15) is 0 Å². The van der Waals surface area contributed by atoms with Gasteiger partial charge >= 0.3 is 0 Å². The Balaban J connectivity index is 1.65. The number of thioether (sulfide) groups is 1. The fraction of sp³-hybridized carbons (Fsp3) is 0.333. The van der Waals surface area contributed by atoms with Gasteiger partial charge in [0.25, 0.3) is 0 Å². The Bertz CT molecular complexity index is 800. The number of carbonyl (C=O) groups is 2. The van der Waals surface area contributed by atoms with E-state index >= 15 is 0 Å². The number of hydrogen-bond acceptors (Lipinski definition) is 4. The van der Waals surface area contributed by atoms with Crippen molar-refractivity contribution in [3.63, 3.8) is 0 Å². The summed E-state index contributed by atoms with van der Waals surface area (Å²) in [6, 6.07) is 15.3. The summed E-state index contributed by atoms with van der Waals surface area (Å²) in [5, 5.41) is 2.69. The van der Waals surface area contributed by atoms with Crippen LogP contribution in [0.15, 0.2) is 53.4 Å². The average molecular weight is 385 g/mol. The van der Waals surface area contributed by atoms with Crippen molar-refractivity contribution in [2.45, 2.75) is 29.9 Å². The van der Waals surface area contributed by atoms with Gasteiger partial charge in [-0.3, -0.25) is 9.59 Å². The Morgan fingerprint density at radius 2 is 1.93 bits per heavy atom. The molecule has 27 heavy (non-hydrogen) atoms. The van der Waals surface area contributed by atoms with Gasteiger partial charge in [0.2, 0.25) is 11.8 Å². The molecule has 0 aliphatic carbocycles. The molecule has 0 fully saturated rings. The molecule has 5 nitrogen and oxygen atoms in total. The van der Waals surface area contributed by atoms with Gasteiger partial charge in [-0.1, -0.05) is 37.3 Å². The number of hydrogen-bond donors (Lipinski definition) is 1. The molecule has 6 heteroatoms. The average Bonchev–Trinajstić information content (AvgIpc) is 3.11. The van der Waals surface area contributed by atoms with E-state index in [1.165, 1.54) is 5.56 Å². The smallest absolute Gasteiger partial charge is 0.244 e. The number of anilines is 1. The lowest BCUT2D eigenvalue weighted by Crippen LogP contribution is -2.42. The van der Waals surface area contributed by atoms with E-state index in [9.17, 15) is 9.59 Å². The highest BCUT2D eigenvalue weighted by Gasteiger charge is 2.31. The minimum Gasteiger partial charge on any atom is -0.495 e. The van der Waals surface area contributed by atoms with Crippen molar-refractivity contribution in [3.05, 3.63) is 54.1 Å². The monoisotopic (exact) mass is 384 g/mol. The molecule has 0 bridgehead atoms. The predicted molar refractivity (Wildman–Crippen MR) is 108 cm³/mol. The first-order valence-corrected chi connectivity index (χ1v) is 9.96. The zero-order chi connectivity index (χ0) is 19.2. The van der Waals surface area contributed by atoms with Crippen LogP contribution in [0, 0.1) is 0 Å². The van der Waals surface area contributed by atoms with E-state index in [2.05, 4.69) is 11.4 Å². The SMILES string of the molecule is CCCN(CC(=O)Nc1ccccc1OC)C(=O)C1Cc2ccccc2S1. The first-order chi connectivity index (χ1) is 13.1. The Kier molecular flexibility index (Phi) is 6.40. The number of carbonyl (C=O) groups excluding carboxylic acids is 2. The van der Waals surface area contributed by atoms with E-state index in [1.54, 1.807) is 35.9 Å². The third kappa shape index (κ3) is 4.63. The molecular weight excluding hydrogens is 360 g/mol. The number of rotatable bonds is 7. The molecule has 0 aromatic heterocycles. The summed E-state index contributed by atoms with van der Waals surface area (Å²) >= 11 is 1.59. The number of ether oxygens (including phenoxy) is 1. The van der Waals surface area contributed by atoms with Gasteiger partial charge in [-0.05, 0) is 36.6 Å². The first kappa shape index (κ1) is 19.3. The van der Waals surface area contributed by atoms with Crippen LogP contribution in [-0.4, -0.2) is 42.2 Å². The summed E-state index contributed by atoms with van der Waals surface area (Å²) in [7, 11) is 1.56. The number of fused-ring (bicyclic) bond motifs is 1. The van der Waals surface area contributed by atoms with E-state index in [-0.39, 0.29) is 23.6 Å². The van der Waals surface area contributed by atoms with Crippen molar-refractivity contribution in [2.75, 3.05) is 25.5 Å². The molecule has 1 atom stereocenters. The van der Waals surface area contributed by atoms with Crippen LogP contribution in [0.5, 0.6) is 5.75 Å². The van der Waals surface area contributed by atoms with Gasteiger partial charge in [0, 0.05) is 11.4 Å². The normalized spacial score (nSPS) is 15.1. The molecule has 142 valence electrons. The quantitative estimate of drug-likeness (QED) is 0.793. The van der Waals surface area contributed by atoms with Gasteiger partial charge in [0.1, 0.15) is 5.75 Å². The minimum absolute atomic E-state index is 0.0215. The van der Waals surface area contributed by atoms with Gasteiger partial charge in [-0.25, -0.2) is 0 Å². The van der Waals surface area contributed by atoms with E-state index in [0.717, 1.165) is 11.3 Å². The highest BCUT2D eigenvalue weighted by molar-refractivity contribution is 8.01. The lowest BCUT2D eigenvalue weighted by molar-refractivity contribution is -0.134. The number of methoxy groups -OCH3 is 1. The maximum Gasteiger partial charge on any atom is 0.244 e. The lowest BCUT2D eigenvalue weighted by atomic mass is 10.1. The molecular formula is C21H24N2O3S. The largest absolute Gasteiger partial charge is 0.495 e. The van der Waals surface area contributed by atoms with Crippen molar-refractivity contribution in [2.24, 2.45) is 0 Å². The minimum atomic E-state index is -0.221. The Hall–Kier alpha value is -2.47. The van der Waals surface area contributed by atoms with Gasteiger partial charge in [0.15, 0.2) is 0 Å². The molecule has 0 spiro atoms. The second kappa shape index (κ2) is 8.95. The van der Waals surface area contributed by atoms with Crippen molar-refractivity contribution in [1.29, 1.82) is 0 Å². The highest BCUT2D eigenvalue weighted by Crippen LogP contribution is 2.37. The Morgan fingerprint density at radius 1 is 1.19 bits per heavy atom.